The molecule has 0 spiro atoms. The van der Waals surface area contributed by atoms with Crippen LogP contribution in [0.2, 0.25) is 0 Å². The quantitative estimate of drug-likeness (QED) is 0.0913. The second-order valence-corrected chi connectivity index (χ2v) is 16.4. The Kier molecular flexibility index (Phi) is 12.0. The molecule has 2 atom stereocenters. The Morgan fingerprint density at radius 3 is 2.33 bits per heavy atom. The van der Waals surface area contributed by atoms with E-state index in [4.69, 9.17) is 4.74 Å². The molecule has 0 radical (unpaired) electrons. The smallest absolute Gasteiger partial charge is 0.272 e. The highest BCUT2D eigenvalue weighted by atomic mass is 32.2. The molecular formula is C44H42N4O4S2. The van der Waals surface area contributed by atoms with Crippen LogP contribution in [-0.4, -0.2) is 24.8 Å². The van der Waals surface area contributed by atoms with Gasteiger partial charge in [0.2, 0.25) is 5.91 Å². The fourth-order valence-corrected chi connectivity index (χ4v) is 8.84. The summed E-state index contributed by atoms with van der Waals surface area (Å²) < 4.78 is 5.49. The van der Waals surface area contributed by atoms with Crippen LogP contribution in [0.4, 0.5) is 10.7 Å². The molecule has 274 valence electrons. The van der Waals surface area contributed by atoms with Crippen molar-refractivity contribution in [3.8, 4) is 11.8 Å². The van der Waals surface area contributed by atoms with E-state index in [0.717, 1.165) is 35.3 Å². The van der Waals surface area contributed by atoms with Crippen molar-refractivity contribution >= 4 is 57.6 Å². The van der Waals surface area contributed by atoms with Gasteiger partial charge in [0.25, 0.3) is 11.8 Å². The summed E-state index contributed by atoms with van der Waals surface area (Å²) in [4.78, 5) is 43.1. The predicted octanol–water partition coefficient (Wildman–Crippen LogP) is 9.66. The molecule has 0 aliphatic heterocycles. The first kappa shape index (κ1) is 38.1. The van der Waals surface area contributed by atoms with E-state index in [2.05, 4.69) is 42.8 Å². The number of hydrogen-bond donors (Lipinski definition) is 3. The fourth-order valence-electron chi connectivity index (χ4n) is 6.47. The van der Waals surface area contributed by atoms with Crippen molar-refractivity contribution in [3.63, 3.8) is 0 Å². The maximum absolute atomic E-state index is 14.2. The molecule has 0 bridgehead atoms. The average Bonchev–Trinajstić information content (AvgIpc) is 3.53. The van der Waals surface area contributed by atoms with Crippen LogP contribution in [0.25, 0.3) is 6.08 Å². The minimum atomic E-state index is -0.656. The van der Waals surface area contributed by atoms with E-state index in [1.165, 1.54) is 28.0 Å². The third-order valence-corrected chi connectivity index (χ3v) is 11.9. The van der Waals surface area contributed by atoms with Crippen molar-refractivity contribution in [2.75, 3.05) is 17.7 Å². The molecule has 4 aromatic carbocycles. The molecule has 3 amide bonds. The van der Waals surface area contributed by atoms with Crippen LogP contribution in [0, 0.1) is 22.7 Å². The van der Waals surface area contributed by atoms with Crippen LogP contribution in [0.3, 0.4) is 0 Å². The lowest BCUT2D eigenvalue weighted by Crippen LogP contribution is -2.30. The van der Waals surface area contributed by atoms with Crippen LogP contribution in [-0.2, 0) is 22.4 Å². The van der Waals surface area contributed by atoms with Gasteiger partial charge in [-0.05, 0) is 84.2 Å². The van der Waals surface area contributed by atoms with Crippen LogP contribution < -0.4 is 20.7 Å². The number of thiophene rings is 1. The van der Waals surface area contributed by atoms with Gasteiger partial charge in [0.05, 0.1) is 12.7 Å². The van der Waals surface area contributed by atoms with Gasteiger partial charge < -0.3 is 20.7 Å². The number of rotatable bonds is 11. The minimum absolute atomic E-state index is 0.0220. The van der Waals surface area contributed by atoms with E-state index < -0.39 is 17.1 Å². The Balaban J connectivity index is 1.24. The van der Waals surface area contributed by atoms with Crippen molar-refractivity contribution in [2.24, 2.45) is 11.3 Å². The first-order chi connectivity index (χ1) is 26.0. The number of nitriles is 1. The summed E-state index contributed by atoms with van der Waals surface area (Å²) in [7, 11) is 1.54. The maximum atomic E-state index is 14.2. The summed E-state index contributed by atoms with van der Waals surface area (Å²) in [6, 6.07) is 35.0. The fraction of sp³-hybridized carbons (Fsp3) is 0.227. The number of nitrogens with zero attached hydrogens (tertiary/aromatic N) is 1. The number of ether oxygens (including phenoxy) is 1. The molecule has 0 fully saturated rings. The summed E-state index contributed by atoms with van der Waals surface area (Å²) in [5, 5.41) is 18.9. The monoisotopic (exact) mass is 754 g/mol. The van der Waals surface area contributed by atoms with Gasteiger partial charge in [-0.25, -0.2) is 0 Å². The van der Waals surface area contributed by atoms with Gasteiger partial charge in [0.15, 0.2) is 0 Å². The van der Waals surface area contributed by atoms with Crippen molar-refractivity contribution in [1.29, 1.82) is 5.26 Å². The summed E-state index contributed by atoms with van der Waals surface area (Å²) in [6.07, 6.45) is 4.31. The van der Waals surface area contributed by atoms with Gasteiger partial charge in [0.1, 0.15) is 27.8 Å². The zero-order valence-corrected chi connectivity index (χ0v) is 32.3. The molecule has 1 aliphatic rings. The summed E-state index contributed by atoms with van der Waals surface area (Å²) in [6.45, 7) is 6.77. The summed E-state index contributed by atoms with van der Waals surface area (Å²) >= 11 is 2.86. The first-order valence-corrected chi connectivity index (χ1v) is 19.4. The first-order valence-electron chi connectivity index (χ1n) is 17.7. The van der Waals surface area contributed by atoms with E-state index in [-0.39, 0.29) is 17.0 Å². The predicted molar refractivity (Wildman–Crippen MR) is 218 cm³/mol. The van der Waals surface area contributed by atoms with Crippen LogP contribution in [0.1, 0.15) is 69.9 Å². The SMILES string of the molecule is COc1ccccc1/C=C(/NC(=O)c1ccccc1)C(=O)Nc1cccc(SC(C(=O)Nc2sc3c(c2C#N)CCC(C(C)(C)C)C3)c2ccccc2)c1. The number of hydrogen-bond acceptors (Lipinski definition) is 7. The number of benzene rings is 4. The van der Waals surface area contributed by atoms with E-state index >= 15 is 0 Å². The Morgan fingerprint density at radius 2 is 1.63 bits per heavy atom. The van der Waals surface area contributed by atoms with Crippen LogP contribution >= 0.6 is 23.1 Å². The molecule has 1 heterocycles. The summed E-state index contributed by atoms with van der Waals surface area (Å²) in [5.74, 6) is -0.169. The normalized spacial score (nSPS) is 14.6. The lowest BCUT2D eigenvalue weighted by Gasteiger charge is -2.33. The molecule has 2 unspecified atom stereocenters. The zero-order chi connectivity index (χ0) is 38.2. The second kappa shape index (κ2) is 17.0. The van der Waals surface area contributed by atoms with Gasteiger partial charge in [-0.1, -0.05) is 93.6 Å². The van der Waals surface area contributed by atoms with Crippen LogP contribution in [0.5, 0.6) is 5.75 Å². The average molecular weight is 755 g/mol. The van der Waals surface area contributed by atoms with Crippen molar-refractivity contribution in [1.82, 2.24) is 5.32 Å². The van der Waals surface area contributed by atoms with Gasteiger partial charge in [-0.2, -0.15) is 5.26 Å². The molecule has 1 aromatic heterocycles. The largest absolute Gasteiger partial charge is 0.496 e. The topological polar surface area (TPSA) is 120 Å². The van der Waals surface area contributed by atoms with E-state index in [1.54, 1.807) is 67.8 Å². The molecule has 0 saturated heterocycles. The number of carbonyl (C=O) groups excluding carboxylic acids is 3. The lowest BCUT2D eigenvalue weighted by molar-refractivity contribution is -0.116. The number of nitrogens with one attached hydrogen (secondary N) is 3. The number of amides is 3. The Bertz CT molecular complexity index is 2220. The third-order valence-electron chi connectivity index (χ3n) is 9.49. The van der Waals surface area contributed by atoms with Crippen molar-refractivity contribution in [2.45, 2.75) is 50.2 Å². The molecular weight excluding hydrogens is 713 g/mol. The van der Waals surface area contributed by atoms with Gasteiger partial charge in [0, 0.05) is 26.6 Å². The lowest BCUT2D eigenvalue weighted by atomic mass is 9.72. The third kappa shape index (κ3) is 9.11. The minimum Gasteiger partial charge on any atom is -0.496 e. The molecule has 54 heavy (non-hydrogen) atoms. The number of methoxy groups -OCH3 is 1. The second-order valence-electron chi connectivity index (χ2n) is 14.1. The highest BCUT2D eigenvalue weighted by molar-refractivity contribution is 8.00. The Morgan fingerprint density at radius 1 is 0.926 bits per heavy atom. The number of thioether (sulfide) groups is 1. The Labute approximate surface area is 324 Å². The molecule has 10 heteroatoms. The van der Waals surface area contributed by atoms with E-state index in [0.29, 0.717) is 39.0 Å². The molecule has 3 N–H and O–H groups in total. The number of para-hydroxylation sites is 1. The van der Waals surface area contributed by atoms with Gasteiger partial charge in [-0.15, -0.1) is 23.1 Å². The highest BCUT2D eigenvalue weighted by Crippen LogP contribution is 2.45. The standard InChI is InChI=1S/C44H42N4O4S2/c1-44(2,3)31-22-23-34-35(27-45)43(54-38(34)25-31)48-42(51)39(28-14-7-5-8-15-28)53-33-20-13-19-32(26-33)46-41(50)36(24-30-18-11-12-21-37(30)52-4)47-40(49)29-16-9-6-10-17-29/h5-21,24,26,31,39H,22-23,25H2,1-4H3,(H,46,50)(H,47,49)(H,48,51)/b36-24+. The van der Waals surface area contributed by atoms with E-state index in [1.807, 2.05) is 54.6 Å². The van der Waals surface area contributed by atoms with Crippen molar-refractivity contribution < 1.29 is 19.1 Å². The molecule has 8 nitrogen and oxygen atoms in total. The summed E-state index contributed by atoms with van der Waals surface area (Å²) in [5.41, 5.74) is 4.09. The number of anilines is 2. The van der Waals surface area contributed by atoms with Gasteiger partial charge in [-0.3, -0.25) is 14.4 Å². The zero-order valence-electron chi connectivity index (χ0n) is 30.6. The highest BCUT2D eigenvalue weighted by Gasteiger charge is 2.33. The molecule has 0 saturated carbocycles. The van der Waals surface area contributed by atoms with Gasteiger partial charge >= 0.3 is 0 Å². The van der Waals surface area contributed by atoms with E-state index in [9.17, 15) is 19.6 Å². The van der Waals surface area contributed by atoms with Crippen LogP contribution in [0.15, 0.2) is 120 Å². The maximum Gasteiger partial charge on any atom is 0.272 e. The number of carbonyl (C=O) groups is 3. The Hall–Kier alpha value is -5.63. The number of fused-ring (bicyclic) bond motifs is 1. The molecule has 1 aliphatic carbocycles. The molecule has 6 rings (SSSR count). The molecule has 5 aromatic rings. The van der Waals surface area contributed by atoms with Crippen molar-refractivity contribution in [3.05, 3.63) is 148 Å².